The van der Waals surface area contributed by atoms with Gasteiger partial charge in [-0.3, -0.25) is 0 Å². The molecule has 4 nitrogen and oxygen atoms in total. The van der Waals surface area contributed by atoms with E-state index in [1.54, 1.807) is 12.1 Å². The second-order valence-corrected chi connectivity index (χ2v) is 5.50. The summed E-state index contributed by atoms with van der Waals surface area (Å²) < 4.78 is 0. The summed E-state index contributed by atoms with van der Waals surface area (Å²) in [5.41, 5.74) is 0.765. The zero-order valence-electron chi connectivity index (χ0n) is 10.6. The van der Waals surface area contributed by atoms with Crippen molar-refractivity contribution in [3.63, 3.8) is 0 Å². The van der Waals surface area contributed by atoms with Gasteiger partial charge < -0.3 is 15.5 Å². The van der Waals surface area contributed by atoms with Gasteiger partial charge in [0, 0.05) is 17.3 Å². The molecule has 0 bridgehead atoms. The Labute approximate surface area is 117 Å². The maximum Gasteiger partial charge on any atom is 0.337 e. The van der Waals surface area contributed by atoms with Crippen LogP contribution in [0.2, 0.25) is 5.02 Å². The van der Waals surface area contributed by atoms with Crippen molar-refractivity contribution in [2.24, 2.45) is 5.92 Å². The predicted molar refractivity (Wildman–Crippen MR) is 74.9 cm³/mol. The van der Waals surface area contributed by atoms with Crippen LogP contribution in [0.4, 0.5) is 5.69 Å². The highest BCUT2D eigenvalue weighted by molar-refractivity contribution is 6.31. The fraction of sp³-hybridized carbons (Fsp3) is 0.500. The summed E-state index contributed by atoms with van der Waals surface area (Å²) in [6.45, 7) is 0.680. The first-order valence-corrected chi connectivity index (χ1v) is 6.89. The predicted octanol–water partition coefficient (Wildman–Crippen LogP) is 3.00. The number of carbonyl (C=O) groups is 1. The summed E-state index contributed by atoms with van der Waals surface area (Å²) in [4.78, 5) is 11.1. The van der Waals surface area contributed by atoms with Gasteiger partial charge in [-0.15, -0.1) is 0 Å². The standard InChI is InChI=1S/C14H18ClNO3/c15-10-4-5-13(12(7-10)14(18)19)16-8-9-2-1-3-11(17)6-9/h4-5,7,9,11,16-17H,1-3,6,8H2,(H,18,19). The van der Waals surface area contributed by atoms with Crippen LogP contribution in [0, 0.1) is 5.92 Å². The Morgan fingerprint density at radius 1 is 1.42 bits per heavy atom. The Hall–Kier alpha value is -1.26. The molecule has 0 spiro atoms. The van der Waals surface area contributed by atoms with Crippen LogP contribution in [0.3, 0.4) is 0 Å². The van der Waals surface area contributed by atoms with Gasteiger partial charge in [0.05, 0.1) is 11.7 Å². The Balaban J connectivity index is 2.01. The van der Waals surface area contributed by atoms with Crippen molar-refractivity contribution in [2.45, 2.75) is 31.8 Å². The van der Waals surface area contributed by atoms with Gasteiger partial charge in [0.15, 0.2) is 0 Å². The third-order valence-electron chi connectivity index (χ3n) is 3.55. The monoisotopic (exact) mass is 283 g/mol. The van der Waals surface area contributed by atoms with Gasteiger partial charge in [-0.1, -0.05) is 18.0 Å². The number of hydrogen-bond donors (Lipinski definition) is 3. The molecular formula is C14H18ClNO3. The fourth-order valence-electron chi connectivity index (χ4n) is 2.55. The summed E-state index contributed by atoms with van der Waals surface area (Å²) in [7, 11) is 0. The first kappa shape index (κ1) is 14.2. The zero-order valence-corrected chi connectivity index (χ0v) is 11.4. The molecule has 2 rings (SSSR count). The fourth-order valence-corrected chi connectivity index (χ4v) is 2.72. The van der Waals surface area contributed by atoms with Gasteiger partial charge in [0.1, 0.15) is 0 Å². The van der Waals surface area contributed by atoms with E-state index in [1.165, 1.54) is 6.07 Å². The lowest BCUT2D eigenvalue weighted by Crippen LogP contribution is -2.25. The Kier molecular flexibility index (Phi) is 4.66. The molecule has 0 heterocycles. The lowest BCUT2D eigenvalue weighted by molar-refractivity contribution is 0.0697. The zero-order chi connectivity index (χ0) is 13.8. The van der Waals surface area contributed by atoms with Gasteiger partial charge >= 0.3 is 5.97 Å². The molecule has 0 aliphatic heterocycles. The van der Waals surface area contributed by atoms with Crippen molar-refractivity contribution in [3.8, 4) is 0 Å². The maximum atomic E-state index is 11.1. The van der Waals surface area contributed by atoms with E-state index in [0.29, 0.717) is 23.2 Å². The Morgan fingerprint density at radius 2 is 2.21 bits per heavy atom. The highest BCUT2D eigenvalue weighted by atomic mass is 35.5. The lowest BCUT2D eigenvalue weighted by atomic mass is 9.87. The van der Waals surface area contributed by atoms with Crippen molar-refractivity contribution < 1.29 is 15.0 Å². The Morgan fingerprint density at radius 3 is 2.89 bits per heavy atom. The minimum absolute atomic E-state index is 0.184. The molecule has 1 saturated carbocycles. The number of carboxylic acids is 1. The molecule has 1 aliphatic carbocycles. The Bertz CT molecular complexity index is 464. The molecule has 0 radical (unpaired) electrons. The number of aliphatic hydroxyl groups is 1. The van der Waals surface area contributed by atoms with Crippen molar-refractivity contribution >= 4 is 23.3 Å². The molecule has 1 aromatic rings. The summed E-state index contributed by atoms with van der Waals surface area (Å²) in [5.74, 6) is -0.602. The first-order valence-electron chi connectivity index (χ1n) is 6.51. The number of anilines is 1. The maximum absolute atomic E-state index is 11.1. The van der Waals surface area contributed by atoms with E-state index in [2.05, 4.69) is 5.32 Å². The summed E-state index contributed by atoms with van der Waals surface area (Å²) >= 11 is 5.80. The molecule has 0 aromatic heterocycles. The van der Waals surface area contributed by atoms with Crippen LogP contribution in [-0.4, -0.2) is 28.8 Å². The van der Waals surface area contributed by atoms with Crippen molar-refractivity contribution in [2.75, 3.05) is 11.9 Å². The normalized spacial score (nSPS) is 23.1. The number of aromatic carboxylic acids is 1. The third kappa shape index (κ3) is 3.85. The van der Waals surface area contributed by atoms with Crippen molar-refractivity contribution in [3.05, 3.63) is 28.8 Å². The average Bonchev–Trinajstić information content (AvgIpc) is 2.37. The second kappa shape index (κ2) is 6.26. The van der Waals surface area contributed by atoms with E-state index in [0.717, 1.165) is 25.7 Å². The van der Waals surface area contributed by atoms with Crippen LogP contribution in [-0.2, 0) is 0 Å². The van der Waals surface area contributed by atoms with E-state index in [1.807, 2.05) is 0 Å². The number of hydrogen-bond acceptors (Lipinski definition) is 3. The largest absolute Gasteiger partial charge is 0.478 e. The van der Waals surface area contributed by atoms with Gasteiger partial charge in [0.25, 0.3) is 0 Å². The van der Waals surface area contributed by atoms with Crippen LogP contribution < -0.4 is 5.32 Å². The quantitative estimate of drug-likeness (QED) is 0.794. The van der Waals surface area contributed by atoms with E-state index >= 15 is 0 Å². The van der Waals surface area contributed by atoms with E-state index in [-0.39, 0.29) is 11.7 Å². The minimum Gasteiger partial charge on any atom is -0.478 e. The molecule has 104 valence electrons. The first-order chi connectivity index (χ1) is 9.06. The molecule has 0 amide bonds. The molecule has 19 heavy (non-hydrogen) atoms. The van der Waals surface area contributed by atoms with Crippen molar-refractivity contribution in [1.29, 1.82) is 0 Å². The number of nitrogens with one attached hydrogen (secondary N) is 1. The molecule has 3 N–H and O–H groups in total. The van der Waals surface area contributed by atoms with E-state index < -0.39 is 5.97 Å². The number of carboxylic acid groups (broad SMARTS) is 1. The van der Waals surface area contributed by atoms with Gasteiger partial charge in [-0.2, -0.15) is 0 Å². The number of benzene rings is 1. The van der Waals surface area contributed by atoms with Crippen LogP contribution in [0.5, 0.6) is 0 Å². The van der Waals surface area contributed by atoms with Gasteiger partial charge in [0.2, 0.25) is 0 Å². The summed E-state index contributed by atoms with van der Waals surface area (Å²) in [6, 6.07) is 4.80. The molecule has 1 aliphatic rings. The molecule has 1 aromatic carbocycles. The molecule has 5 heteroatoms. The lowest BCUT2D eigenvalue weighted by Gasteiger charge is -2.26. The van der Waals surface area contributed by atoms with E-state index in [9.17, 15) is 9.90 Å². The number of halogens is 1. The minimum atomic E-state index is -0.992. The van der Waals surface area contributed by atoms with Gasteiger partial charge in [-0.25, -0.2) is 4.79 Å². The topological polar surface area (TPSA) is 69.6 Å². The SMILES string of the molecule is O=C(O)c1cc(Cl)ccc1NCC1CCCC(O)C1. The van der Waals surface area contributed by atoms with Crippen LogP contribution in [0.25, 0.3) is 0 Å². The van der Waals surface area contributed by atoms with E-state index in [4.69, 9.17) is 16.7 Å². The van der Waals surface area contributed by atoms with Crippen LogP contribution in [0.1, 0.15) is 36.0 Å². The van der Waals surface area contributed by atoms with Crippen LogP contribution in [0.15, 0.2) is 18.2 Å². The molecule has 2 atom stereocenters. The van der Waals surface area contributed by atoms with Gasteiger partial charge in [-0.05, 0) is 43.4 Å². The second-order valence-electron chi connectivity index (χ2n) is 5.06. The average molecular weight is 284 g/mol. The number of aliphatic hydroxyl groups excluding tert-OH is 1. The smallest absolute Gasteiger partial charge is 0.337 e. The molecule has 0 saturated heterocycles. The van der Waals surface area contributed by atoms with Crippen LogP contribution >= 0.6 is 11.6 Å². The molecule has 1 fully saturated rings. The molecular weight excluding hydrogens is 266 g/mol. The van der Waals surface area contributed by atoms with Crippen molar-refractivity contribution in [1.82, 2.24) is 0 Å². The molecule has 2 unspecified atom stereocenters. The number of rotatable bonds is 4. The third-order valence-corrected chi connectivity index (χ3v) is 3.78. The highest BCUT2D eigenvalue weighted by Crippen LogP contribution is 2.26. The summed E-state index contributed by atoms with van der Waals surface area (Å²) in [5, 5.41) is 22.3. The summed E-state index contributed by atoms with van der Waals surface area (Å²) in [6.07, 6.45) is 3.53. The highest BCUT2D eigenvalue weighted by Gasteiger charge is 2.20.